The predicted molar refractivity (Wildman–Crippen MR) is 88.4 cm³/mol. The predicted octanol–water partition coefficient (Wildman–Crippen LogP) is 4.44. The van der Waals surface area contributed by atoms with E-state index in [0.29, 0.717) is 31.8 Å². The van der Waals surface area contributed by atoms with Crippen LogP contribution in [-0.4, -0.2) is 10.9 Å². The van der Waals surface area contributed by atoms with Gasteiger partial charge in [-0.15, -0.1) is 11.3 Å². The van der Waals surface area contributed by atoms with Crippen LogP contribution in [-0.2, 0) is 0 Å². The highest BCUT2D eigenvalue weighted by Gasteiger charge is 2.18. The molecule has 7 heteroatoms. The second-order valence-electron chi connectivity index (χ2n) is 4.25. The normalized spacial score (nSPS) is 10.8. The Morgan fingerprint density at radius 2 is 1.90 bits per heavy atom. The average Bonchev–Trinajstić information content (AvgIpc) is 2.81. The van der Waals surface area contributed by atoms with Crippen molar-refractivity contribution in [3.8, 4) is 0 Å². The Morgan fingerprint density at radius 3 is 2.57 bits per heavy atom. The number of nitrogens with one attached hydrogen (secondary N) is 1. The molecule has 21 heavy (non-hydrogen) atoms. The molecule has 3 aromatic rings. The molecule has 0 bridgehead atoms. The number of carbonyl (C=O) groups excluding carboxylic acids is 1. The van der Waals surface area contributed by atoms with Crippen molar-refractivity contribution in [2.45, 2.75) is 0 Å². The van der Waals surface area contributed by atoms with Crippen LogP contribution in [0.5, 0.6) is 0 Å². The summed E-state index contributed by atoms with van der Waals surface area (Å²) in [5, 5.41) is 3.43. The van der Waals surface area contributed by atoms with Crippen LogP contribution in [0.25, 0.3) is 10.2 Å². The number of rotatable bonds is 2. The van der Waals surface area contributed by atoms with Crippen molar-refractivity contribution in [3.63, 3.8) is 0 Å². The molecule has 0 spiro atoms. The summed E-state index contributed by atoms with van der Waals surface area (Å²) >= 11 is 13.4. The number of para-hydroxylation sites is 1. The maximum atomic E-state index is 12.4. The summed E-state index contributed by atoms with van der Waals surface area (Å²) in [5.74, 6) is -0.356. The largest absolute Gasteiger partial charge is 0.396 e. The van der Waals surface area contributed by atoms with E-state index in [1.165, 1.54) is 11.3 Å². The standard InChI is InChI=1S/C14H9Cl2N3OS/c15-7-3-1-4-8(16)11(7)19-14(20)13-10(17)12-9(21-13)5-2-6-18-12/h1-6H,17H2,(H,19,20). The SMILES string of the molecule is Nc1c(C(=O)Nc2c(Cl)cccc2Cl)sc2cccnc12. The van der Waals surface area contributed by atoms with Gasteiger partial charge >= 0.3 is 0 Å². The van der Waals surface area contributed by atoms with E-state index in [-0.39, 0.29) is 5.91 Å². The van der Waals surface area contributed by atoms with Crippen molar-refractivity contribution in [3.05, 3.63) is 51.5 Å². The third kappa shape index (κ3) is 2.55. The molecule has 1 aromatic carbocycles. The van der Waals surface area contributed by atoms with Gasteiger partial charge in [0, 0.05) is 6.20 Å². The van der Waals surface area contributed by atoms with Crippen molar-refractivity contribution >= 4 is 62.0 Å². The van der Waals surface area contributed by atoms with Gasteiger partial charge in [-0.25, -0.2) is 0 Å². The smallest absolute Gasteiger partial charge is 0.268 e. The highest BCUT2D eigenvalue weighted by Crippen LogP contribution is 2.34. The van der Waals surface area contributed by atoms with Crippen molar-refractivity contribution in [1.82, 2.24) is 4.98 Å². The minimum absolute atomic E-state index is 0.356. The number of benzene rings is 1. The van der Waals surface area contributed by atoms with Gasteiger partial charge in [-0.1, -0.05) is 29.3 Å². The minimum Gasteiger partial charge on any atom is -0.396 e. The first-order valence-electron chi connectivity index (χ1n) is 5.96. The molecule has 0 unspecified atom stereocenters. The molecule has 0 radical (unpaired) electrons. The van der Waals surface area contributed by atoms with E-state index in [1.807, 2.05) is 6.07 Å². The molecule has 3 N–H and O–H groups in total. The molecule has 4 nitrogen and oxygen atoms in total. The fourth-order valence-electron chi connectivity index (χ4n) is 1.90. The quantitative estimate of drug-likeness (QED) is 0.726. The zero-order chi connectivity index (χ0) is 15.0. The molecule has 2 heterocycles. The highest BCUT2D eigenvalue weighted by molar-refractivity contribution is 7.21. The molecule has 0 saturated heterocycles. The first kappa shape index (κ1) is 14.1. The number of nitrogens with two attached hydrogens (primary N) is 1. The number of pyridine rings is 1. The van der Waals surface area contributed by atoms with Crippen LogP contribution in [0, 0.1) is 0 Å². The highest BCUT2D eigenvalue weighted by atomic mass is 35.5. The van der Waals surface area contributed by atoms with Gasteiger partial charge in [0.25, 0.3) is 5.91 Å². The number of aromatic nitrogens is 1. The number of hydrogen-bond acceptors (Lipinski definition) is 4. The van der Waals surface area contributed by atoms with Crippen LogP contribution >= 0.6 is 34.5 Å². The van der Waals surface area contributed by atoms with E-state index in [9.17, 15) is 4.79 Å². The van der Waals surface area contributed by atoms with Gasteiger partial charge in [0.1, 0.15) is 10.4 Å². The molecule has 106 valence electrons. The molecule has 0 aliphatic heterocycles. The van der Waals surface area contributed by atoms with Gasteiger partial charge in [-0.05, 0) is 24.3 Å². The molecule has 0 saturated carbocycles. The Bertz CT molecular complexity index is 827. The van der Waals surface area contributed by atoms with Gasteiger partial charge in [-0.2, -0.15) is 0 Å². The van der Waals surface area contributed by atoms with E-state index >= 15 is 0 Å². The molecule has 3 rings (SSSR count). The summed E-state index contributed by atoms with van der Waals surface area (Å²) in [6, 6.07) is 8.67. The van der Waals surface area contributed by atoms with Crippen LogP contribution in [0.1, 0.15) is 9.67 Å². The van der Waals surface area contributed by atoms with Gasteiger partial charge in [0.2, 0.25) is 0 Å². The van der Waals surface area contributed by atoms with Gasteiger partial charge in [0.15, 0.2) is 0 Å². The lowest BCUT2D eigenvalue weighted by Crippen LogP contribution is -2.12. The molecular formula is C14H9Cl2N3OS. The molecule has 0 aliphatic rings. The summed E-state index contributed by atoms with van der Waals surface area (Å²) in [5.41, 5.74) is 7.34. The van der Waals surface area contributed by atoms with Crippen LogP contribution in [0.3, 0.4) is 0 Å². The Balaban J connectivity index is 2.00. The summed E-state index contributed by atoms with van der Waals surface area (Å²) < 4.78 is 0.852. The third-order valence-electron chi connectivity index (χ3n) is 2.89. The van der Waals surface area contributed by atoms with Crippen molar-refractivity contribution < 1.29 is 4.79 Å². The van der Waals surface area contributed by atoms with E-state index in [4.69, 9.17) is 28.9 Å². The lowest BCUT2D eigenvalue weighted by Gasteiger charge is -2.08. The monoisotopic (exact) mass is 337 g/mol. The van der Waals surface area contributed by atoms with Crippen molar-refractivity contribution in [2.24, 2.45) is 0 Å². The topological polar surface area (TPSA) is 68.0 Å². The van der Waals surface area contributed by atoms with Crippen LogP contribution < -0.4 is 11.1 Å². The van der Waals surface area contributed by atoms with Gasteiger partial charge in [-0.3, -0.25) is 9.78 Å². The van der Waals surface area contributed by atoms with E-state index in [0.717, 1.165) is 4.70 Å². The van der Waals surface area contributed by atoms with E-state index in [2.05, 4.69) is 10.3 Å². The first-order valence-corrected chi connectivity index (χ1v) is 7.53. The maximum absolute atomic E-state index is 12.4. The number of nitrogens with zero attached hydrogens (tertiary/aromatic N) is 1. The maximum Gasteiger partial charge on any atom is 0.268 e. The van der Waals surface area contributed by atoms with Crippen molar-refractivity contribution in [1.29, 1.82) is 0 Å². The first-order chi connectivity index (χ1) is 10.1. The molecule has 2 aromatic heterocycles. The zero-order valence-corrected chi connectivity index (χ0v) is 12.9. The van der Waals surface area contributed by atoms with Crippen molar-refractivity contribution in [2.75, 3.05) is 11.1 Å². The fourth-order valence-corrected chi connectivity index (χ4v) is 3.37. The van der Waals surface area contributed by atoms with E-state index < -0.39 is 0 Å². The van der Waals surface area contributed by atoms with E-state index in [1.54, 1.807) is 30.5 Å². The molecule has 0 atom stereocenters. The van der Waals surface area contributed by atoms with Gasteiger partial charge < -0.3 is 11.1 Å². The average molecular weight is 338 g/mol. The molecule has 1 amide bonds. The summed E-state index contributed by atoms with van der Waals surface area (Å²) in [4.78, 5) is 17.0. The lowest BCUT2D eigenvalue weighted by atomic mass is 10.3. The minimum atomic E-state index is -0.356. The Labute approximate surface area is 134 Å². The summed E-state index contributed by atoms with van der Waals surface area (Å²) in [6.07, 6.45) is 1.64. The third-order valence-corrected chi connectivity index (χ3v) is 4.68. The number of anilines is 2. The number of halogens is 2. The number of hydrogen-bond donors (Lipinski definition) is 2. The lowest BCUT2D eigenvalue weighted by molar-refractivity contribution is 0.103. The summed E-state index contributed by atoms with van der Waals surface area (Å²) in [6.45, 7) is 0. The van der Waals surface area contributed by atoms with Crippen LogP contribution in [0.15, 0.2) is 36.5 Å². The number of carbonyl (C=O) groups is 1. The molecule has 0 fully saturated rings. The van der Waals surface area contributed by atoms with Crippen LogP contribution in [0.2, 0.25) is 10.0 Å². The number of thiophene rings is 1. The number of amides is 1. The number of fused-ring (bicyclic) bond motifs is 1. The summed E-state index contributed by atoms with van der Waals surface area (Å²) in [7, 11) is 0. The molecule has 0 aliphatic carbocycles. The van der Waals surface area contributed by atoms with Gasteiger partial charge in [0.05, 0.1) is 26.1 Å². The zero-order valence-electron chi connectivity index (χ0n) is 10.6. The molecular weight excluding hydrogens is 329 g/mol. The van der Waals surface area contributed by atoms with Crippen LogP contribution in [0.4, 0.5) is 11.4 Å². The Hall–Kier alpha value is -1.82. The Morgan fingerprint density at radius 1 is 1.19 bits per heavy atom. The fraction of sp³-hybridized carbons (Fsp3) is 0. The second kappa shape index (κ2) is 5.52. The second-order valence-corrected chi connectivity index (χ2v) is 6.11. The Kier molecular flexibility index (Phi) is 3.71. The number of nitrogen functional groups attached to an aromatic ring is 1.